The van der Waals surface area contributed by atoms with Crippen LogP contribution in [0.5, 0.6) is 0 Å². The summed E-state index contributed by atoms with van der Waals surface area (Å²) in [5.41, 5.74) is -0.485. The third-order valence-electron chi connectivity index (χ3n) is 4.06. The van der Waals surface area contributed by atoms with Gasteiger partial charge in [0.1, 0.15) is 10.5 Å². The van der Waals surface area contributed by atoms with E-state index in [-0.39, 0.29) is 5.97 Å². The molecule has 21 heavy (non-hydrogen) atoms. The van der Waals surface area contributed by atoms with Gasteiger partial charge < -0.3 is 10.1 Å². The number of aromatic nitrogens is 2. The Balaban J connectivity index is 1.95. The molecule has 0 amide bonds. The molecule has 7 heteroatoms. The van der Waals surface area contributed by atoms with Gasteiger partial charge in [0, 0.05) is 5.75 Å². The van der Waals surface area contributed by atoms with E-state index in [2.05, 4.69) is 15.5 Å². The number of aryl methyl sites for hydroxylation is 1. The highest BCUT2D eigenvalue weighted by molar-refractivity contribution is 8.01. The van der Waals surface area contributed by atoms with E-state index in [1.54, 1.807) is 23.1 Å². The van der Waals surface area contributed by atoms with Crippen molar-refractivity contribution in [3.05, 3.63) is 5.01 Å². The summed E-state index contributed by atoms with van der Waals surface area (Å²) in [6.45, 7) is 4.79. The maximum Gasteiger partial charge on any atom is 0.326 e. The molecule has 1 aromatic rings. The number of methoxy groups -OCH3 is 1. The fourth-order valence-corrected chi connectivity index (χ4v) is 5.10. The molecule has 1 aliphatic rings. The molecule has 1 saturated carbocycles. The molecule has 1 fully saturated rings. The van der Waals surface area contributed by atoms with Crippen molar-refractivity contribution in [2.45, 2.75) is 49.4 Å². The summed E-state index contributed by atoms with van der Waals surface area (Å²) in [5.74, 6) is 1.19. The van der Waals surface area contributed by atoms with Crippen LogP contribution >= 0.6 is 23.1 Å². The van der Waals surface area contributed by atoms with Crippen LogP contribution < -0.4 is 5.32 Å². The molecule has 2 unspecified atom stereocenters. The maximum atomic E-state index is 12.3. The van der Waals surface area contributed by atoms with E-state index < -0.39 is 5.54 Å². The highest BCUT2D eigenvalue weighted by atomic mass is 32.2. The highest BCUT2D eigenvalue weighted by Crippen LogP contribution is 2.40. The number of esters is 1. The van der Waals surface area contributed by atoms with E-state index in [4.69, 9.17) is 4.74 Å². The summed E-state index contributed by atoms with van der Waals surface area (Å²) in [5, 5.41) is 12.6. The van der Waals surface area contributed by atoms with Crippen LogP contribution in [0.15, 0.2) is 4.34 Å². The van der Waals surface area contributed by atoms with Crippen LogP contribution in [0.3, 0.4) is 0 Å². The van der Waals surface area contributed by atoms with E-state index >= 15 is 0 Å². The molecule has 0 bridgehead atoms. The molecule has 1 aliphatic carbocycles. The molecule has 2 rings (SSSR count). The summed E-state index contributed by atoms with van der Waals surface area (Å²) in [4.78, 5) is 12.3. The number of thioether (sulfide) groups is 1. The van der Waals surface area contributed by atoms with Crippen LogP contribution in [0.2, 0.25) is 0 Å². The molecule has 0 saturated heterocycles. The van der Waals surface area contributed by atoms with E-state index in [9.17, 15) is 4.79 Å². The molecule has 0 radical (unpaired) electrons. The molecule has 118 valence electrons. The third-order valence-corrected chi connectivity index (χ3v) is 6.07. The first-order valence-corrected chi connectivity index (χ1v) is 9.19. The van der Waals surface area contributed by atoms with Gasteiger partial charge in [-0.2, -0.15) is 0 Å². The minimum atomic E-state index is -0.485. The summed E-state index contributed by atoms with van der Waals surface area (Å²) in [6, 6.07) is 0. The van der Waals surface area contributed by atoms with Crippen LogP contribution in [0, 0.1) is 12.8 Å². The predicted octanol–water partition coefficient (Wildman–Crippen LogP) is 2.65. The Bertz CT molecular complexity index is 481. The number of rotatable bonds is 7. The minimum Gasteiger partial charge on any atom is -0.468 e. The van der Waals surface area contributed by atoms with Gasteiger partial charge in [-0.15, -0.1) is 10.2 Å². The first-order valence-electron chi connectivity index (χ1n) is 7.38. The van der Waals surface area contributed by atoms with Crippen LogP contribution in [0.1, 0.15) is 37.6 Å². The molecule has 1 heterocycles. The highest BCUT2D eigenvalue weighted by Gasteiger charge is 2.48. The molecular formula is C14H23N3O2S2. The molecule has 2 atom stereocenters. The van der Waals surface area contributed by atoms with Crippen LogP contribution in [-0.2, 0) is 9.53 Å². The number of carbonyl (C=O) groups excluding carboxylic acids is 1. The van der Waals surface area contributed by atoms with E-state index in [1.165, 1.54) is 7.11 Å². The number of hydrogen-bond donors (Lipinski definition) is 1. The lowest BCUT2D eigenvalue weighted by atomic mass is 9.85. The van der Waals surface area contributed by atoms with Crippen LogP contribution in [0.4, 0.5) is 0 Å². The van der Waals surface area contributed by atoms with Gasteiger partial charge in [-0.05, 0) is 38.6 Å². The monoisotopic (exact) mass is 329 g/mol. The normalized spacial score (nSPS) is 25.2. The molecule has 0 aromatic carbocycles. The minimum absolute atomic E-state index is 0.108. The number of ether oxygens (including phenoxy) is 1. The van der Waals surface area contributed by atoms with Crippen LogP contribution in [-0.4, -0.2) is 41.1 Å². The Hall–Kier alpha value is -0.660. The lowest BCUT2D eigenvalue weighted by molar-refractivity contribution is -0.150. The Morgan fingerprint density at radius 1 is 1.57 bits per heavy atom. The summed E-state index contributed by atoms with van der Waals surface area (Å²) < 4.78 is 6.07. The van der Waals surface area contributed by atoms with Gasteiger partial charge >= 0.3 is 5.97 Å². The van der Waals surface area contributed by atoms with Crippen molar-refractivity contribution in [1.29, 1.82) is 0 Å². The Morgan fingerprint density at radius 2 is 2.38 bits per heavy atom. The first-order chi connectivity index (χ1) is 10.1. The van der Waals surface area contributed by atoms with Crippen molar-refractivity contribution < 1.29 is 9.53 Å². The molecule has 0 aliphatic heterocycles. The van der Waals surface area contributed by atoms with Crippen molar-refractivity contribution in [2.75, 3.05) is 19.4 Å². The number of hydrogen-bond acceptors (Lipinski definition) is 7. The second-order valence-corrected chi connectivity index (χ2v) is 7.83. The van der Waals surface area contributed by atoms with Gasteiger partial charge in [-0.3, -0.25) is 4.79 Å². The molecule has 1 N–H and O–H groups in total. The van der Waals surface area contributed by atoms with Gasteiger partial charge in [0.15, 0.2) is 4.34 Å². The second kappa shape index (κ2) is 7.56. The zero-order valence-corrected chi connectivity index (χ0v) is 14.5. The van der Waals surface area contributed by atoms with Crippen molar-refractivity contribution >= 4 is 29.1 Å². The van der Waals surface area contributed by atoms with E-state index in [0.717, 1.165) is 47.3 Å². The zero-order chi connectivity index (χ0) is 15.3. The maximum absolute atomic E-state index is 12.3. The molecule has 0 spiro atoms. The second-order valence-electron chi connectivity index (χ2n) is 5.31. The lowest BCUT2D eigenvalue weighted by Gasteiger charge is -2.33. The number of likely N-dealkylation sites (N-methyl/N-ethyl adjacent to an activating group) is 1. The van der Waals surface area contributed by atoms with E-state index in [0.29, 0.717) is 5.92 Å². The smallest absolute Gasteiger partial charge is 0.326 e. The van der Waals surface area contributed by atoms with Crippen molar-refractivity contribution in [3.63, 3.8) is 0 Å². The topological polar surface area (TPSA) is 64.1 Å². The SMILES string of the molecule is CCNC1(C(=O)OC)CCCC1CCSc1nnc(C)s1. The van der Waals surface area contributed by atoms with Gasteiger partial charge in [0.25, 0.3) is 0 Å². The van der Waals surface area contributed by atoms with Gasteiger partial charge in [-0.1, -0.05) is 36.4 Å². The summed E-state index contributed by atoms with van der Waals surface area (Å²) >= 11 is 3.36. The Morgan fingerprint density at radius 3 is 3.00 bits per heavy atom. The largest absolute Gasteiger partial charge is 0.468 e. The molecule has 5 nitrogen and oxygen atoms in total. The molecular weight excluding hydrogens is 306 g/mol. The third kappa shape index (κ3) is 3.76. The standard InChI is InChI=1S/C14H23N3O2S2/c1-4-15-14(12(18)19-3)8-5-6-11(14)7-9-20-13-17-16-10(2)21-13/h11,15H,4-9H2,1-3H3. The first kappa shape index (κ1) is 16.7. The van der Waals surface area contributed by atoms with Gasteiger partial charge in [-0.25, -0.2) is 0 Å². The number of nitrogens with one attached hydrogen (secondary N) is 1. The number of carbonyl (C=O) groups is 1. The Labute approximate surface area is 134 Å². The fourth-order valence-electron chi connectivity index (χ4n) is 3.17. The summed E-state index contributed by atoms with van der Waals surface area (Å²) in [6.07, 6.45) is 4.03. The summed E-state index contributed by atoms with van der Waals surface area (Å²) in [7, 11) is 1.48. The lowest BCUT2D eigenvalue weighted by Crippen LogP contribution is -2.55. The van der Waals surface area contributed by atoms with Crippen molar-refractivity contribution in [1.82, 2.24) is 15.5 Å². The molecule has 1 aromatic heterocycles. The average molecular weight is 329 g/mol. The Kier molecular flexibility index (Phi) is 6.01. The van der Waals surface area contributed by atoms with Gasteiger partial charge in [0.2, 0.25) is 0 Å². The average Bonchev–Trinajstić information content (AvgIpc) is 3.06. The van der Waals surface area contributed by atoms with Crippen LogP contribution in [0.25, 0.3) is 0 Å². The zero-order valence-electron chi connectivity index (χ0n) is 12.8. The number of nitrogens with zero attached hydrogens (tertiary/aromatic N) is 2. The van der Waals surface area contributed by atoms with Gasteiger partial charge in [0.05, 0.1) is 7.11 Å². The van der Waals surface area contributed by atoms with E-state index in [1.807, 2.05) is 13.8 Å². The fraction of sp³-hybridized carbons (Fsp3) is 0.786. The quantitative estimate of drug-likeness (QED) is 0.613. The van der Waals surface area contributed by atoms with Crippen molar-refractivity contribution in [2.24, 2.45) is 5.92 Å². The van der Waals surface area contributed by atoms with Crippen molar-refractivity contribution in [3.8, 4) is 0 Å². The predicted molar refractivity (Wildman–Crippen MR) is 85.8 cm³/mol.